The van der Waals surface area contributed by atoms with Crippen molar-refractivity contribution in [1.29, 1.82) is 0 Å². The largest absolute Gasteiger partial charge is 0.401 e. The van der Waals surface area contributed by atoms with Crippen molar-refractivity contribution in [3.8, 4) is 0 Å². The van der Waals surface area contributed by atoms with Gasteiger partial charge in [0.15, 0.2) is 0 Å². The molecule has 0 fully saturated rings. The zero-order valence-electron chi connectivity index (χ0n) is 15.0. The maximum Gasteiger partial charge on any atom is 0.401 e. The van der Waals surface area contributed by atoms with Gasteiger partial charge in [-0.05, 0) is 37.8 Å². The van der Waals surface area contributed by atoms with Crippen LogP contribution in [0.3, 0.4) is 0 Å². The molecule has 0 heterocycles. The predicted octanol–water partition coefficient (Wildman–Crippen LogP) is 5.79. The van der Waals surface area contributed by atoms with Crippen LogP contribution in [0, 0.1) is 0 Å². The number of halogens is 3. The Balaban J connectivity index is 3.38. The third kappa shape index (κ3) is 5.23. The van der Waals surface area contributed by atoms with Crippen molar-refractivity contribution in [1.82, 2.24) is 5.32 Å². The van der Waals surface area contributed by atoms with Gasteiger partial charge in [-0.25, -0.2) is 0 Å². The summed E-state index contributed by atoms with van der Waals surface area (Å²) < 4.78 is 37.9. The molecule has 0 saturated heterocycles. The second kappa shape index (κ2) is 9.07. The molecule has 1 N–H and O–H groups in total. The Labute approximate surface area is 143 Å². The third-order valence-electron chi connectivity index (χ3n) is 4.52. The molecular formula is C20H28F3N. The zero-order valence-corrected chi connectivity index (χ0v) is 15.0. The highest BCUT2D eigenvalue weighted by Gasteiger charge is 2.36. The summed E-state index contributed by atoms with van der Waals surface area (Å²) in [6.07, 6.45) is 1.39. The summed E-state index contributed by atoms with van der Waals surface area (Å²) in [5, 5.41) is 2.64. The molecule has 1 aromatic rings. The summed E-state index contributed by atoms with van der Waals surface area (Å²) in [5.74, 6) is 0. The van der Waals surface area contributed by atoms with E-state index in [4.69, 9.17) is 0 Å². The molecule has 0 amide bonds. The lowest BCUT2D eigenvalue weighted by Crippen LogP contribution is -2.42. The van der Waals surface area contributed by atoms with E-state index in [2.05, 4.69) is 19.2 Å². The first-order valence-corrected chi connectivity index (χ1v) is 8.46. The summed E-state index contributed by atoms with van der Waals surface area (Å²) in [6.45, 7) is 7.39. The van der Waals surface area contributed by atoms with Crippen molar-refractivity contribution in [2.24, 2.45) is 0 Å². The van der Waals surface area contributed by atoms with Crippen LogP contribution in [0.1, 0.15) is 46.1 Å². The first kappa shape index (κ1) is 20.5. The summed E-state index contributed by atoms with van der Waals surface area (Å²) in [5.41, 5.74) is 2.88. The van der Waals surface area contributed by atoms with Crippen LogP contribution in [0.25, 0.3) is 0 Å². The maximum absolute atomic E-state index is 12.6. The minimum atomic E-state index is -4.21. The van der Waals surface area contributed by atoms with Crippen LogP contribution in [0.5, 0.6) is 0 Å². The number of nitrogens with one attached hydrogen (secondary N) is 1. The van der Waals surface area contributed by atoms with Gasteiger partial charge in [0.25, 0.3) is 0 Å². The summed E-state index contributed by atoms with van der Waals surface area (Å²) >= 11 is 0. The monoisotopic (exact) mass is 339 g/mol. The molecule has 0 aliphatic carbocycles. The molecule has 134 valence electrons. The van der Waals surface area contributed by atoms with Gasteiger partial charge < -0.3 is 5.32 Å². The van der Waals surface area contributed by atoms with Crippen LogP contribution >= 0.6 is 0 Å². The van der Waals surface area contributed by atoms with E-state index in [0.717, 1.165) is 24.0 Å². The average molecular weight is 339 g/mol. The van der Waals surface area contributed by atoms with Crippen molar-refractivity contribution < 1.29 is 13.2 Å². The molecule has 1 nitrogen and oxygen atoms in total. The molecule has 0 aliphatic heterocycles. The lowest BCUT2D eigenvalue weighted by atomic mass is 9.70. The van der Waals surface area contributed by atoms with Crippen molar-refractivity contribution in [2.75, 3.05) is 13.1 Å². The van der Waals surface area contributed by atoms with E-state index in [9.17, 15) is 13.2 Å². The predicted molar refractivity (Wildman–Crippen MR) is 95.1 cm³/mol. The molecule has 0 aliphatic rings. The topological polar surface area (TPSA) is 12.0 Å². The van der Waals surface area contributed by atoms with Gasteiger partial charge in [0.2, 0.25) is 0 Å². The van der Waals surface area contributed by atoms with Crippen molar-refractivity contribution >= 4 is 0 Å². The summed E-state index contributed by atoms with van der Waals surface area (Å²) in [6, 6.07) is 9.82. The van der Waals surface area contributed by atoms with Gasteiger partial charge in [-0.15, -0.1) is 0 Å². The fraction of sp³-hybridized carbons (Fsp3) is 0.500. The summed E-state index contributed by atoms with van der Waals surface area (Å²) in [4.78, 5) is 0. The Bertz CT molecular complexity index is 558. The normalized spacial score (nSPS) is 16.1. The Kier molecular flexibility index (Phi) is 7.74. The van der Waals surface area contributed by atoms with Crippen molar-refractivity contribution in [2.45, 2.75) is 52.1 Å². The smallest absolute Gasteiger partial charge is 0.307 e. The minimum absolute atomic E-state index is 0.254. The number of benzene rings is 1. The van der Waals surface area contributed by atoms with E-state index in [1.165, 1.54) is 5.57 Å². The van der Waals surface area contributed by atoms with Crippen LogP contribution < -0.4 is 5.32 Å². The van der Waals surface area contributed by atoms with Gasteiger partial charge in [-0.1, -0.05) is 61.9 Å². The molecule has 1 unspecified atom stereocenters. The number of hydrogen-bond donors (Lipinski definition) is 1. The van der Waals surface area contributed by atoms with E-state index < -0.39 is 18.1 Å². The first-order chi connectivity index (χ1) is 11.3. The van der Waals surface area contributed by atoms with Gasteiger partial charge in [0, 0.05) is 12.0 Å². The van der Waals surface area contributed by atoms with Gasteiger partial charge in [0.1, 0.15) is 0 Å². The maximum atomic E-state index is 12.6. The molecule has 0 aromatic heterocycles. The van der Waals surface area contributed by atoms with Gasteiger partial charge in [-0.2, -0.15) is 13.2 Å². The number of allylic oxidation sites excluding steroid dienone is 3. The van der Waals surface area contributed by atoms with E-state index in [1.54, 1.807) is 0 Å². The highest BCUT2D eigenvalue weighted by atomic mass is 19.4. The number of hydrogen-bond acceptors (Lipinski definition) is 1. The van der Waals surface area contributed by atoms with Crippen molar-refractivity contribution in [3.63, 3.8) is 0 Å². The molecule has 0 saturated carbocycles. The van der Waals surface area contributed by atoms with Crippen molar-refractivity contribution in [3.05, 3.63) is 59.2 Å². The van der Waals surface area contributed by atoms with Crippen LogP contribution in [0.15, 0.2) is 53.6 Å². The van der Waals surface area contributed by atoms with E-state index in [-0.39, 0.29) is 6.54 Å². The summed E-state index contributed by atoms with van der Waals surface area (Å²) in [7, 11) is 0. The molecule has 1 rings (SSSR count). The SMILES string of the molecule is C/C=C\C(=C(\C)CC)C(CC)(CNCC(F)(F)F)c1ccccc1. The van der Waals surface area contributed by atoms with Gasteiger partial charge in [-0.3, -0.25) is 0 Å². The Morgan fingerprint density at radius 2 is 1.71 bits per heavy atom. The second-order valence-electron chi connectivity index (χ2n) is 6.07. The average Bonchev–Trinajstić information content (AvgIpc) is 2.56. The highest BCUT2D eigenvalue weighted by Crippen LogP contribution is 2.38. The molecule has 0 radical (unpaired) electrons. The minimum Gasteiger partial charge on any atom is -0.307 e. The fourth-order valence-corrected chi connectivity index (χ4v) is 3.11. The van der Waals surface area contributed by atoms with Gasteiger partial charge >= 0.3 is 6.18 Å². The molecule has 0 spiro atoms. The zero-order chi connectivity index (χ0) is 18.2. The molecule has 0 bridgehead atoms. The lowest BCUT2D eigenvalue weighted by molar-refractivity contribution is -0.125. The lowest BCUT2D eigenvalue weighted by Gasteiger charge is -2.37. The molecule has 1 atom stereocenters. The molecular weight excluding hydrogens is 311 g/mol. The van der Waals surface area contributed by atoms with Crippen LogP contribution in [-0.4, -0.2) is 19.3 Å². The molecule has 1 aromatic carbocycles. The third-order valence-corrected chi connectivity index (χ3v) is 4.52. The van der Waals surface area contributed by atoms with E-state index >= 15 is 0 Å². The quantitative estimate of drug-likeness (QED) is 0.591. The van der Waals surface area contributed by atoms with Crippen LogP contribution in [-0.2, 0) is 5.41 Å². The Morgan fingerprint density at radius 3 is 2.17 bits per heavy atom. The highest BCUT2D eigenvalue weighted by molar-refractivity contribution is 5.44. The van der Waals surface area contributed by atoms with Crippen LogP contribution in [0.4, 0.5) is 13.2 Å². The standard InChI is InChI=1S/C20H28F3N/c1-5-11-18(16(4)6-2)19(7-3,14-24-15-20(21,22)23)17-12-9-8-10-13-17/h5,8-13,24H,6-7,14-15H2,1-4H3/b11-5-,18-16+. The molecule has 4 heteroatoms. The van der Waals surface area contributed by atoms with E-state index in [0.29, 0.717) is 0 Å². The number of alkyl halides is 3. The molecule has 24 heavy (non-hydrogen) atoms. The first-order valence-electron chi connectivity index (χ1n) is 8.46. The Hall–Kier alpha value is -1.55. The number of rotatable bonds is 8. The van der Waals surface area contributed by atoms with E-state index in [1.807, 2.05) is 56.3 Å². The van der Waals surface area contributed by atoms with Gasteiger partial charge in [0.05, 0.1) is 6.54 Å². The Morgan fingerprint density at radius 1 is 1.08 bits per heavy atom. The fourth-order valence-electron chi connectivity index (χ4n) is 3.11. The van der Waals surface area contributed by atoms with Crippen LogP contribution in [0.2, 0.25) is 0 Å². The second-order valence-corrected chi connectivity index (χ2v) is 6.07.